The number of likely N-dealkylation sites (tertiary alicyclic amines) is 1. The van der Waals surface area contributed by atoms with Crippen molar-refractivity contribution >= 4 is 29.6 Å². The van der Waals surface area contributed by atoms with Crippen LogP contribution >= 0.6 is 11.6 Å². The van der Waals surface area contributed by atoms with Crippen LogP contribution < -0.4 is 9.47 Å². The number of imide groups is 1. The van der Waals surface area contributed by atoms with Crippen molar-refractivity contribution in [3.8, 4) is 11.5 Å². The Morgan fingerprint density at radius 1 is 1.02 bits per heavy atom. The molecule has 1 heterocycles. The quantitative estimate of drug-likeness (QED) is 0.303. The summed E-state index contributed by atoms with van der Waals surface area (Å²) in [6, 6.07) is 14.4. The van der Waals surface area contributed by atoms with Crippen molar-refractivity contribution in [1.82, 2.24) is 9.80 Å². The molecule has 2 N–H and O–H groups in total. The summed E-state index contributed by atoms with van der Waals surface area (Å²) in [5.41, 5.74) is 2.41. The first-order valence-electron chi connectivity index (χ1n) is 13.7. The van der Waals surface area contributed by atoms with Crippen LogP contribution in [-0.4, -0.2) is 64.8 Å². The lowest BCUT2D eigenvalue weighted by atomic mass is 9.88. The van der Waals surface area contributed by atoms with Crippen molar-refractivity contribution in [2.24, 2.45) is 5.92 Å². The van der Waals surface area contributed by atoms with Crippen LogP contribution in [0.3, 0.4) is 0 Å². The number of carboxylic acid groups (broad SMARTS) is 2. The summed E-state index contributed by atoms with van der Waals surface area (Å²) in [7, 11) is 1.63. The Morgan fingerprint density at radius 2 is 1.65 bits per heavy atom. The van der Waals surface area contributed by atoms with Gasteiger partial charge in [0.05, 0.1) is 13.7 Å². The first-order valence-corrected chi connectivity index (χ1v) is 14.1. The van der Waals surface area contributed by atoms with E-state index in [9.17, 15) is 9.59 Å². The topological polar surface area (TPSA) is 117 Å². The van der Waals surface area contributed by atoms with Gasteiger partial charge >= 0.3 is 6.16 Å². The highest BCUT2D eigenvalue weighted by molar-refractivity contribution is 6.30. The standard InChI is InChI=1S/C29H37ClN2O4.CH2O3/c1-21(24-9-11-25(30)12-10-24)31(19-22-6-4-3-5-7-22)20-23-8-13-26(27(18-23)35-2)36-17-16-32-28(33)14-15-29(32)34;2-1(3)4/h8-13,18,21-22H,3-7,14-17,19-20H2,1-2H3;(H2,2,3,4)/t21-;/m1./s1. The van der Waals surface area contributed by atoms with Crippen LogP contribution in [0, 0.1) is 5.92 Å². The SMILES string of the molecule is COc1cc(CN(CC2CCCCC2)[C@H](C)c2ccc(Cl)cc2)ccc1OCCN1C(=O)CCC1=O.O=C(O)O. The Hall–Kier alpha value is -3.30. The Bertz CT molecular complexity index is 1120. The lowest BCUT2D eigenvalue weighted by Crippen LogP contribution is -2.33. The van der Waals surface area contributed by atoms with Crippen molar-refractivity contribution < 1.29 is 34.1 Å². The van der Waals surface area contributed by atoms with Gasteiger partial charge in [0, 0.05) is 37.0 Å². The fraction of sp³-hybridized carbons (Fsp3) is 0.500. The zero-order valence-corrected chi connectivity index (χ0v) is 23.9. The molecular weight excluding hydrogens is 536 g/mol. The van der Waals surface area contributed by atoms with Gasteiger partial charge in [-0.05, 0) is 61.1 Å². The number of hydrogen-bond acceptors (Lipinski definition) is 6. The summed E-state index contributed by atoms with van der Waals surface area (Å²) in [6.07, 6.45) is 5.34. The molecular formula is C30H39ClN2O7. The Kier molecular flexibility index (Phi) is 12.1. The van der Waals surface area contributed by atoms with Gasteiger partial charge in [0.15, 0.2) is 11.5 Å². The molecule has 40 heavy (non-hydrogen) atoms. The summed E-state index contributed by atoms with van der Waals surface area (Å²) < 4.78 is 11.5. The molecule has 0 bridgehead atoms. The average molecular weight is 575 g/mol. The predicted octanol–water partition coefficient (Wildman–Crippen LogP) is 6.24. The molecule has 1 atom stereocenters. The predicted molar refractivity (Wildman–Crippen MR) is 152 cm³/mol. The number of benzene rings is 2. The minimum absolute atomic E-state index is 0.126. The van der Waals surface area contributed by atoms with E-state index in [1.54, 1.807) is 7.11 Å². The second kappa shape index (κ2) is 15.5. The third-order valence-electron chi connectivity index (χ3n) is 7.46. The molecule has 2 aromatic carbocycles. The Morgan fingerprint density at radius 3 is 2.25 bits per heavy atom. The highest BCUT2D eigenvalue weighted by Gasteiger charge is 2.28. The van der Waals surface area contributed by atoms with Crippen molar-refractivity contribution in [1.29, 1.82) is 0 Å². The number of halogens is 1. The fourth-order valence-corrected chi connectivity index (χ4v) is 5.42. The number of amides is 2. The van der Waals surface area contributed by atoms with Crippen LogP contribution in [0.2, 0.25) is 5.02 Å². The number of methoxy groups -OCH3 is 1. The molecule has 0 radical (unpaired) electrons. The molecule has 2 aliphatic rings. The van der Waals surface area contributed by atoms with E-state index in [1.807, 2.05) is 24.3 Å². The minimum Gasteiger partial charge on any atom is -0.493 e. The highest BCUT2D eigenvalue weighted by atomic mass is 35.5. The van der Waals surface area contributed by atoms with E-state index in [1.165, 1.54) is 42.6 Å². The zero-order chi connectivity index (χ0) is 29.1. The van der Waals surface area contributed by atoms with Crippen molar-refractivity contribution in [2.45, 2.75) is 64.5 Å². The van der Waals surface area contributed by atoms with Gasteiger partial charge < -0.3 is 19.7 Å². The molecule has 2 fully saturated rings. The normalized spacial score (nSPS) is 16.4. The molecule has 0 unspecified atom stereocenters. The van der Waals surface area contributed by atoms with Crippen LogP contribution in [0.15, 0.2) is 42.5 Å². The molecule has 1 saturated carbocycles. The summed E-state index contributed by atoms with van der Waals surface area (Å²) in [6.45, 7) is 4.63. The molecule has 0 aromatic heterocycles. The molecule has 218 valence electrons. The van der Waals surface area contributed by atoms with Crippen molar-refractivity contribution in [3.05, 3.63) is 58.6 Å². The largest absolute Gasteiger partial charge is 0.503 e. The minimum atomic E-state index is -1.83. The summed E-state index contributed by atoms with van der Waals surface area (Å²) in [5, 5.41) is 14.7. The third-order valence-corrected chi connectivity index (χ3v) is 7.71. The summed E-state index contributed by atoms with van der Waals surface area (Å²) >= 11 is 6.14. The molecule has 4 rings (SSSR count). The van der Waals surface area contributed by atoms with E-state index < -0.39 is 6.16 Å². The van der Waals surface area contributed by atoms with Gasteiger partial charge in [0.25, 0.3) is 0 Å². The van der Waals surface area contributed by atoms with Gasteiger partial charge in [-0.15, -0.1) is 0 Å². The molecule has 1 saturated heterocycles. The van der Waals surface area contributed by atoms with Crippen LogP contribution in [0.5, 0.6) is 11.5 Å². The van der Waals surface area contributed by atoms with Gasteiger partial charge in [-0.3, -0.25) is 19.4 Å². The Labute approximate surface area is 240 Å². The second-order valence-corrected chi connectivity index (χ2v) is 10.7. The second-order valence-electron chi connectivity index (χ2n) is 10.2. The van der Waals surface area contributed by atoms with Gasteiger partial charge in [0.1, 0.15) is 6.61 Å². The van der Waals surface area contributed by atoms with E-state index in [-0.39, 0.29) is 31.0 Å². The van der Waals surface area contributed by atoms with Gasteiger partial charge in [-0.2, -0.15) is 0 Å². The first kappa shape index (κ1) is 31.2. The first-order chi connectivity index (χ1) is 19.2. The van der Waals surface area contributed by atoms with E-state index >= 15 is 0 Å². The molecule has 1 aliphatic heterocycles. The van der Waals surface area contributed by atoms with Crippen LogP contribution in [0.25, 0.3) is 0 Å². The number of ether oxygens (including phenoxy) is 2. The fourth-order valence-electron chi connectivity index (χ4n) is 5.30. The number of carbonyl (C=O) groups is 3. The van der Waals surface area contributed by atoms with Gasteiger partial charge in [0.2, 0.25) is 11.8 Å². The zero-order valence-electron chi connectivity index (χ0n) is 23.2. The summed E-state index contributed by atoms with van der Waals surface area (Å²) in [5.74, 6) is 1.74. The molecule has 2 amide bonds. The lowest BCUT2D eigenvalue weighted by Gasteiger charge is -2.34. The maximum Gasteiger partial charge on any atom is 0.503 e. The van der Waals surface area contributed by atoms with E-state index in [2.05, 4.69) is 30.0 Å². The molecule has 1 aliphatic carbocycles. The molecule has 9 nitrogen and oxygen atoms in total. The summed E-state index contributed by atoms with van der Waals surface area (Å²) in [4.78, 5) is 36.0. The number of carbonyl (C=O) groups excluding carboxylic acids is 2. The number of rotatable bonds is 11. The van der Waals surface area contributed by atoms with Crippen molar-refractivity contribution in [2.75, 3.05) is 26.8 Å². The molecule has 10 heteroatoms. The van der Waals surface area contributed by atoms with Crippen molar-refractivity contribution in [3.63, 3.8) is 0 Å². The van der Waals surface area contributed by atoms with E-state index in [0.717, 1.165) is 23.7 Å². The third kappa shape index (κ3) is 9.41. The average Bonchev–Trinajstić information content (AvgIpc) is 3.26. The smallest absolute Gasteiger partial charge is 0.493 e. The monoisotopic (exact) mass is 574 g/mol. The van der Waals surface area contributed by atoms with E-state index in [4.69, 9.17) is 36.1 Å². The molecule has 2 aromatic rings. The highest BCUT2D eigenvalue weighted by Crippen LogP contribution is 2.33. The van der Waals surface area contributed by atoms with Crippen LogP contribution in [0.4, 0.5) is 4.79 Å². The number of nitrogens with zero attached hydrogens (tertiary/aromatic N) is 2. The molecule has 0 spiro atoms. The Balaban J connectivity index is 0.00000103. The van der Waals surface area contributed by atoms with Crippen LogP contribution in [0.1, 0.15) is 69.0 Å². The maximum atomic E-state index is 11.8. The van der Waals surface area contributed by atoms with Gasteiger partial charge in [-0.25, -0.2) is 4.79 Å². The van der Waals surface area contributed by atoms with E-state index in [0.29, 0.717) is 30.3 Å². The lowest BCUT2D eigenvalue weighted by molar-refractivity contribution is -0.138. The maximum absolute atomic E-state index is 11.8. The van der Waals surface area contributed by atoms with Gasteiger partial charge in [-0.1, -0.05) is 49.1 Å². The number of hydrogen-bond donors (Lipinski definition) is 2. The van der Waals surface area contributed by atoms with Crippen LogP contribution in [-0.2, 0) is 16.1 Å².